The fourth-order valence-electron chi connectivity index (χ4n) is 2.44. The summed E-state index contributed by atoms with van der Waals surface area (Å²) in [5.41, 5.74) is 2.16. The van der Waals surface area contributed by atoms with Crippen LogP contribution in [0, 0.1) is 6.92 Å². The van der Waals surface area contributed by atoms with E-state index in [-0.39, 0.29) is 17.9 Å². The van der Waals surface area contributed by atoms with Gasteiger partial charge in [0, 0.05) is 25.1 Å². The number of esters is 1. The predicted octanol–water partition coefficient (Wildman–Crippen LogP) is 1.53. The lowest BCUT2D eigenvalue weighted by Gasteiger charge is -2.05. The zero-order valence-electron chi connectivity index (χ0n) is 14.8. The average Bonchev–Trinajstić information content (AvgIpc) is 2.94. The van der Waals surface area contributed by atoms with Gasteiger partial charge in [-0.1, -0.05) is 17.8 Å². The summed E-state index contributed by atoms with van der Waals surface area (Å²) in [6.45, 7) is 4.02. The first kappa shape index (κ1) is 18.1. The first-order chi connectivity index (χ1) is 12.5. The number of carbonyl (C=O) groups excluding carboxylic acids is 1. The van der Waals surface area contributed by atoms with Gasteiger partial charge in [-0.15, -0.1) is 10.2 Å². The van der Waals surface area contributed by atoms with Gasteiger partial charge in [-0.05, 0) is 25.5 Å². The van der Waals surface area contributed by atoms with Gasteiger partial charge in [0.05, 0.1) is 12.3 Å². The number of aryl methyl sites for hydroxylation is 1. The molecule has 136 valence electrons. The van der Waals surface area contributed by atoms with Gasteiger partial charge < -0.3 is 9.30 Å². The van der Waals surface area contributed by atoms with Gasteiger partial charge in [0.2, 0.25) is 0 Å². The van der Waals surface area contributed by atoms with E-state index in [0.29, 0.717) is 34.7 Å². The Morgan fingerprint density at radius 3 is 2.88 bits per heavy atom. The number of hydrogen-bond acceptors (Lipinski definition) is 7. The molecule has 0 spiro atoms. The summed E-state index contributed by atoms with van der Waals surface area (Å²) in [5.74, 6) is 0.678. The Kier molecular flexibility index (Phi) is 5.36. The summed E-state index contributed by atoms with van der Waals surface area (Å²) < 4.78 is 8.21. The zero-order chi connectivity index (χ0) is 18.7. The van der Waals surface area contributed by atoms with Gasteiger partial charge >= 0.3 is 5.97 Å². The number of aromatic nitrogens is 5. The lowest BCUT2D eigenvalue weighted by molar-refractivity contribution is -0.142. The van der Waals surface area contributed by atoms with E-state index in [0.717, 1.165) is 5.56 Å². The van der Waals surface area contributed by atoms with E-state index in [9.17, 15) is 9.59 Å². The van der Waals surface area contributed by atoms with Crippen molar-refractivity contribution in [2.45, 2.75) is 31.2 Å². The molecule has 0 atom stereocenters. The Morgan fingerprint density at radius 1 is 1.31 bits per heavy atom. The summed E-state index contributed by atoms with van der Waals surface area (Å²) >= 11 is 1.41. The summed E-state index contributed by atoms with van der Waals surface area (Å²) in [6.07, 6.45) is 1.85. The second-order valence-electron chi connectivity index (χ2n) is 5.75. The highest BCUT2D eigenvalue weighted by Gasteiger charge is 2.14. The molecule has 0 saturated heterocycles. The van der Waals surface area contributed by atoms with E-state index in [1.807, 2.05) is 19.1 Å². The van der Waals surface area contributed by atoms with Crippen molar-refractivity contribution in [3.05, 3.63) is 51.8 Å². The maximum Gasteiger partial charge on any atom is 0.313 e. The minimum absolute atomic E-state index is 0.0762. The zero-order valence-corrected chi connectivity index (χ0v) is 15.6. The summed E-state index contributed by atoms with van der Waals surface area (Å²) in [4.78, 5) is 28.3. The number of nitrogens with zero attached hydrogens (tertiary/aromatic N) is 5. The van der Waals surface area contributed by atoms with Crippen LogP contribution in [0.1, 0.15) is 24.0 Å². The predicted molar refractivity (Wildman–Crippen MR) is 97.1 cm³/mol. The number of rotatable bonds is 6. The van der Waals surface area contributed by atoms with Gasteiger partial charge in [-0.2, -0.15) is 0 Å². The van der Waals surface area contributed by atoms with E-state index >= 15 is 0 Å². The van der Waals surface area contributed by atoms with Crippen LogP contribution in [0.5, 0.6) is 0 Å². The number of carbonyl (C=O) groups is 1. The van der Waals surface area contributed by atoms with Gasteiger partial charge in [-0.25, -0.2) is 4.98 Å². The first-order valence-electron chi connectivity index (χ1n) is 8.13. The van der Waals surface area contributed by atoms with E-state index in [2.05, 4.69) is 15.2 Å². The standard InChI is InChI=1S/C17H19N5O3S/c1-4-25-16(24)8-14-19-20-17(21(14)3)26-10-12-7-15(23)22-9-11(2)5-6-13(22)18-12/h5-7,9H,4,8,10H2,1-3H3. The second kappa shape index (κ2) is 7.69. The maximum absolute atomic E-state index is 12.2. The molecule has 3 aromatic heterocycles. The largest absolute Gasteiger partial charge is 0.466 e. The molecule has 0 saturated carbocycles. The molecule has 0 bridgehead atoms. The third-order valence-electron chi connectivity index (χ3n) is 3.74. The Hall–Kier alpha value is -2.68. The lowest BCUT2D eigenvalue weighted by Crippen LogP contribution is -2.15. The van der Waals surface area contributed by atoms with Crippen LogP contribution in [-0.4, -0.2) is 36.7 Å². The molecular formula is C17H19N5O3S. The quantitative estimate of drug-likeness (QED) is 0.478. The van der Waals surface area contributed by atoms with Gasteiger partial charge in [-0.3, -0.25) is 14.0 Å². The van der Waals surface area contributed by atoms with Crippen LogP contribution in [0.4, 0.5) is 0 Å². The number of fused-ring (bicyclic) bond motifs is 1. The van der Waals surface area contributed by atoms with E-state index in [1.165, 1.54) is 22.2 Å². The fourth-order valence-corrected chi connectivity index (χ4v) is 3.26. The van der Waals surface area contributed by atoms with Crippen LogP contribution >= 0.6 is 11.8 Å². The van der Waals surface area contributed by atoms with E-state index in [1.54, 1.807) is 24.7 Å². The smallest absolute Gasteiger partial charge is 0.313 e. The Labute approximate surface area is 154 Å². The summed E-state index contributed by atoms with van der Waals surface area (Å²) in [6, 6.07) is 5.27. The molecule has 0 N–H and O–H groups in total. The van der Waals surface area contributed by atoms with Crippen molar-refractivity contribution in [2.75, 3.05) is 6.61 Å². The molecule has 9 heteroatoms. The average molecular weight is 373 g/mol. The third-order valence-corrected chi connectivity index (χ3v) is 4.80. The van der Waals surface area contributed by atoms with Crippen molar-refractivity contribution in [1.82, 2.24) is 24.1 Å². The summed E-state index contributed by atoms with van der Waals surface area (Å²) in [7, 11) is 1.79. The van der Waals surface area contributed by atoms with Crippen LogP contribution in [-0.2, 0) is 28.8 Å². The van der Waals surface area contributed by atoms with Crippen molar-refractivity contribution < 1.29 is 9.53 Å². The molecule has 0 aliphatic rings. The Bertz CT molecular complexity index is 1010. The lowest BCUT2D eigenvalue weighted by atomic mass is 10.3. The molecule has 0 unspecified atom stereocenters. The molecule has 0 aliphatic carbocycles. The monoisotopic (exact) mass is 373 g/mol. The van der Waals surface area contributed by atoms with Crippen LogP contribution in [0.15, 0.2) is 34.3 Å². The molecule has 0 fully saturated rings. The van der Waals surface area contributed by atoms with Gasteiger partial charge in [0.1, 0.15) is 17.9 Å². The highest BCUT2D eigenvalue weighted by molar-refractivity contribution is 7.98. The summed E-state index contributed by atoms with van der Waals surface area (Å²) in [5, 5.41) is 8.78. The minimum Gasteiger partial charge on any atom is -0.466 e. The van der Waals surface area contributed by atoms with Crippen LogP contribution in [0.2, 0.25) is 0 Å². The van der Waals surface area contributed by atoms with Crippen molar-refractivity contribution in [1.29, 1.82) is 0 Å². The number of ether oxygens (including phenoxy) is 1. The van der Waals surface area contributed by atoms with Crippen LogP contribution in [0.25, 0.3) is 5.65 Å². The fraction of sp³-hybridized carbons (Fsp3) is 0.353. The molecule has 0 radical (unpaired) electrons. The van der Waals surface area contributed by atoms with Gasteiger partial charge in [0.25, 0.3) is 5.56 Å². The molecule has 8 nitrogen and oxygen atoms in total. The van der Waals surface area contributed by atoms with Crippen molar-refractivity contribution in [3.8, 4) is 0 Å². The van der Waals surface area contributed by atoms with Crippen LogP contribution in [0.3, 0.4) is 0 Å². The first-order valence-corrected chi connectivity index (χ1v) is 9.12. The molecule has 3 aromatic rings. The van der Waals surface area contributed by atoms with Crippen LogP contribution < -0.4 is 5.56 Å². The van der Waals surface area contributed by atoms with E-state index in [4.69, 9.17) is 4.74 Å². The molecule has 0 aliphatic heterocycles. The Balaban J connectivity index is 1.74. The maximum atomic E-state index is 12.2. The minimum atomic E-state index is -0.334. The van der Waals surface area contributed by atoms with Crippen molar-refractivity contribution >= 4 is 23.4 Å². The second-order valence-corrected chi connectivity index (χ2v) is 6.69. The number of thioether (sulfide) groups is 1. The highest BCUT2D eigenvalue weighted by Crippen LogP contribution is 2.20. The van der Waals surface area contributed by atoms with Crippen molar-refractivity contribution in [2.24, 2.45) is 7.05 Å². The molecule has 0 amide bonds. The SMILES string of the molecule is CCOC(=O)Cc1nnc(SCc2cc(=O)n3cc(C)ccc3n2)n1C. The molecular weight excluding hydrogens is 354 g/mol. The number of hydrogen-bond donors (Lipinski definition) is 0. The molecule has 26 heavy (non-hydrogen) atoms. The molecule has 3 rings (SSSR count). The van der Waals surface area contributed by atoms with E-state index < -0.39 is 0 Å². The molecule has 3 heterocycles. The highest BCUT2D eigenvalue weighted by atomic mass is 32.2. The normalized spacial score (nSPS) is 11.0. The Morgan fingerprint density at radius 2 is 2.12 bits per heavy atom. The van der Waals surface area contributed by atoms with Crippen molar-refractivity contribution in [3.63, 3.8) is 0 Å². The number of pyridine rings is 1. The van der Waals surface area contributed by atoms with Gasteiger partial charge in [0.15, 0.2) is 5.16 Å². The molecule has 0 aromatic carbocycles. The topological polar surface area (TPSA) is 91.4 Å². The third kappa shape index (κ3) is 3.93.